The van der Waals surface area contributed by atoms with Crippen molar-refractivity contribution in [2.45, 2.75) is 29.9 Å². The van der Waals surface area contributed by atoms with E-state index in [9.17, 15) is 16.8 Å². The Kier molecular flexibility index (Phi) is 5.60. The van der Waals surface area contributed by atoms with Crippen LogP contribution < -0.4 is 4.74 Å². The van der Waals surface area contributed by atoms with Gasteiger partial charge >= 0.3 is 0 Å². The van der Waals surface area contributed by atoms with Gasteiger partial charge in [0.05, 0.1) is 12.4 Å². The third kappa shape index (κ3) is 3.81. The zero-order valence-corrected chi connectivity index (χ0v) is 15.4. The van der Waals surface area contributed by atoms with Gasteiger partial charge in [0.25, 0.3) is 0 Å². The number of sulfone groups is 1. The number of benzene rings is 1. The van der Waals surface area contributed by atoms with Crippen LogP contribution in [0.4, 0.5) is 0 Å². The molecule has 0 radical (unpaired) electrons. The number of rotatable bonds is 5. The number of piperidine rings is 1. The van der Waals surface area contributed by atoms with Gasteiger partial charge in [-0.25, -0.2) is 16.8 Å². The van der Waals surface area contributed by atoms with Crippen LogP contribution in [0.2, 0.25) is 5.02 Å². The maximum atomic E-state index is 12.8. The third-order valence-corrected chi connectivity index (χ3v) is 8.50. The SMILES string of the molecule is CCS(=O)(=O)C1CCN(S(=O)(=O)c2cc(Cl)ccc2OC)CC1. The molecule has 1 fully saturated rings. The van der Waals surface area contributed by atoms with Crippen LogP contribution in [0.25, 0.3) is 0 Å². The van der Waals surface area contributed by atoms with Crippen LogP contribution in [0.1, 0.15) is 19.8 Å². The first-order valence-corrected chi connectivity index (χ1v) is 10.8. The number of nitrogens with zero attached hydrogens (tertiary/aromatic N) is 1. The van der Waals surface area contributed by atoms with Crippen LogP contribution in [-0.2, 0) is 19.9 Å². The van der Waals surface area contributed by atoms with Crippen LogP contribution in [0.15, 0.2) is 23.1 Å². The van der Waals surface area contributed by atoms with Crippen molar-refractivity contribution < 1.29 is 21.6 Å². The second kappa shape index (κ2) is 6.96. The molecule has 0 aromatic heterocycles. The van der Waals surface area contributed by atoms with E-state index in [1.165, 1.54) is 23.5 Å². The fraction of sp³-hybridized carbons (Fsp3) is 0.571. The van der Waals surface area contributed by atoms with Gasteiger partial charge in [-0.2, -0.15) is 4.31 Å². The van der Waals surface area contributed by atoms with Gasteiger partial charge in [-0.1, -0.05) is 18.5 Å². The first-order valence-electron chi connectivity index (χ1n) is 7.27. The van der Waals surface area contributed by atoms with Crippen molar-refractivity contribution in [1.29, 1.82) is 0 Å². The molecule has 1 aromatic rings. The second-order valence-corrected chi connectivity index (χ2v) is 10.3. The summed E-state index contributed by atoms with van der Waals surface area (Å²) in [7, 11) is -5.52. The lowest BCUT2D eigenvalue weighted by molar-refractivity contribution is 0.342. The highest BCUT2D eigenvalue weighted by molar-refractivity contribution is 7.92. The van der Waals surface area contributed by atoms with E-state index in [0.29, 0.717) is 17.9 Å². The molecule has 23 heavy (non-hydrogen) atoms. The summed E-state index contributed by atoms with van der Waals surface area (Å²) in [5.74, 6) is 0.296. The molecule has 1 aromatic carbocycles. The highest BCUT2D eigenvalue weighted by Gasteiger charge is 2.35. The fourth-order valence-electron chi connectivity index (χ4n) is 2.66. The summed E-state index contributed by atoms with van der Waals surface area (Å²) in [6.07, 6.45) is 0.608. The monoisotopic (exact) mass is 381 g/mol. The Balaban J connectivity index is 2.25. The van der Waals surface area contributed by atoms with Gasteiger partial charge < -0.3 is 4.74 Å². The lowest BCUT2D eigenvalue weighted by Gasteiger charge is -2.31. The van der Waals surface area contributed by atoms with Crippen molar-refractivity contribution in [3.63, 3.8) is 0 Å². The number of ether oxygens (including phenoxy) is 1. The maximum Gasteiger partial charge on any atom is 0.246 e. The number of sulfonamides is 1. The molecule has 9 heteroatoms. The summed E-state index contributed by atoms with van der Waals surface area (Å²) < 4.78 is 55.8. The lowest BCUT2D eigenvalue weighted by atomic mass is 10.2. The molecule has 0 spiro atoms. The van der Waals surface area contributed by atoms with E-state index in [2.05, 4.69) is 0 Å². The smallest absolute Gasteiger partial charge is 0.246 e. The van der Waals surface area contributed by atoms with Crippen molar-refractivity contribution in [2.24, 2.45) is 0 Å². The van der Waals surface area contributed by atoms with Crippen molar-refractivity contribution in [3.8, 4) is 5.75 Å². The Morgan fingerprint density at radius 3 is 2.35 bits per heavy atom. The first-order chi connectivity index (χ1) is 10.7. The predicted octanol–water partition coefficient (Wildman–Crippen LogP) is 1.94. The molecule has 1 heterocycles. The van der Waals surface area contributed by atoms with E-state index in [0.717, 1.165) is 0 Å². The minimum atomic E-state index is -3.77. The normalized spacial score (nSPS) is 18.0. The first kappa shape index (κ1) is 18.5. The Morgan fingerprint density at radius 1 is 1.22 bits per heavy atom. The van der Waals surface area contributed by atoms with E-state index in [4.69, 9.17) is 16.3 Å². The molecule has 6 nitrogen and oxygen atoms in total. The largest absolute Gasteiger partial charge is 0.495 e. The number of methoxy groups -OCH3 is 1. The molecule has 0 bridgehead atoms. The van der Waals surface area contributed by atoms with Crippen LogP contribution in [0.5, 0.6) is 5.75 Å². The predicted molar refractivity (Wildman–Crippen MR) is 89.2 cm³/mol. The van der Waals surface area contributed by atoms with Gasteiger partial charge in [0.2, 0.25) is 10.0 Å². The summed E-state index contributed by atoms with van der Waals surface area (Å²) in [6.45, 7) is 1.94. The van der Waals surface area contributed by atoms with Crippen molar-refractivity contribution in [2.75, 3.05) is 26.0 Å². The van der Waals surface area contributed by atoms with Gasteiger partial charge in [0, 0.05) is 23.9 Å². The molecule has 0 N–H and O–H groups in total. The van der Waals surface area contributed by atoms with E-state index < -0.39 is 25.1 Å². The quantitative estimate of drug-likeness (QED) is 0.778. The Labute approximate surface area is 142 Å². The van der Waals surface area contributed by atoms with Gasteiger partial charge in [-0.05, 0) is 31.0 Å². The third-order valence-electron chi connectivity index (χ3n) is 4.05. The highest BCUT2D eigenvalue weighted by atomic mass is 35.5. The molecular formula is C14H20ClNO5S2. The van der Waals surface area contributed by atoms with Gasteiger partial charge in [0.1, 0.15) is 10.6 Å². The zero-order chi connectivity index (χ0) is 17.3. The van der Waals surface area contributed by atoms with Crippen LogP contribution >= 0.6 is 11.6 Å². The molecule has 0 atom stereocenters. The Morgan fingerprint density at radius 2 is 1.83 bits per heavy atom. The molecule has 0 aliphatic carbocycles. The summed E-state index contributed by atoms with van der Waals surface area (Å²) in [5, 5.41) is -0.173. The van der Waals surface area contributed by atoms with E-state index in [1.54, 1.807) is 13.0 Å². The molecule has 0 unspecified atom stereocenters. The minimum Gasteiger partial charge on any atom is -0.495 e. The zero-order valence-electron chi connectivity index (χ0n) is 13.0. The second-order valence-electron chi connectivity index (χ2n) is 5.35. The summed E-state index contributed by atoms with van der Waals surface area (Å²) in [5.41, 5.74) is 0. The van der Waals surface area contributed by atoms with E-state index in [-0.39, 0.29) is 29.5 Å². The van der Waals surface area contributed by atoms with Gasteiger partial charge in [-0.3, -0.25) is 0 Å². The molecule has 130 valence electrons. The average molecular weight is 382 g/mol. The number of hydrogen-bond donors (Lipinski definition) is 0. The van der Waals surface area contributed by atoms with Crippen LogP contribution in [0, 0.1) is 0 Å². The van der Waals surface area contributed by atoms with Crippen LogP contribution in [-0.4, -0.2) is 52.3 Å². The maximum absolute atomic E-state index is 12.8. The topological polar surface area (TPSA) is 80.8 Å². The molecule has 1 saturated heterocycles. The summed E-state index contributed by atoms with van der Waals surface area (Å²) >= 11 is 5.90. The molecule has 1 aliphatic heterocycles. The minimum absolute atomic E-state index is 0.00398. The molecular weight excluding hydrogens is 362 g/mol. The molecule has 0 saturated carbocycles. The Bertz CT molecular complexity index is 768. The summed E-state index contributed by atoms with van der Waals surface area (Å²) in [6, 6.07) is 4.41. The van der Waals surface area contributed by atoms with E-state index in [1.807, 2.05) is 0 Å². The van der Waals surface area contributed by atoms with E-state index >= 15 is 0 Å². The highest BCUT2D eigenvalue weighted by Crippen LogP contribution is 2.31. The molecule has 0 amide bonds. The number of hydrogen-bond acceptors (Lipinski definition) is 5. The van der Waals surface area contributed by atoms with Crippen molar-refractivity contribution in [3.05, 3.63) is 23.2 Å². The van der Waals surface area contributed by atoms with Gasteiger partial charge in [-0.15, -0.1) is 0 Å². The Hall–Kier alpha value is -0.830. The standard InChI is InChI=1S/C14H20ClNO5S2/c1-3-22(17,18)12-6-8-16(9-7-12)23(19,20)14-10-11(15)4-5-13(14)21-2/h4-5,10,12H,3,6-9H2,1-2H3. The van der Waals surface area contributed by atoms with Crippen LogP contribution in [0.3, 0.4) is 0 Å². The van der Waals surface area contributed by atoms with Gasteiger partial charge in [0.15, 0.2) is 9.84 Å². The fourth-order valence-corrected chi connectivity index (χ4v) is 5.95. The number of halogens is 1. The molecule has 2 rings (SSSR count). The van der Waals surface area contributed by atoms with Crippen molar-refractivity contribution in [1.82, 2.24) is 4.31 Å². The lowest BCUT2D eigenvalue weighted by Crippen LogP contribution is -2.42. The summed E-state index contributed by atoms with van der Waals surface area (Å²) in [4.78, 5) is 0.00398. The molecule has 1 aliphatic rings. The average Bonchev–Trinajstić information content (AvgIpc) is 2.55. The van der Waals surface area contributed by atoms with Crippen molar-refractivity contribution >= 4 is 31.5 Å².